The molecular weight excluding hydrogens is 435 g/mol. The maximum absolute atomic E-state index is 13.9. The van der Waals surface area contributed by atoms with Crippen LogP contribution < -0.4 is 0 Å². The van der Waals surface area contributed by atoms with Crippen LogP contribution in [0.1, 0.15) is 25.0 Å². The Balaban J connectivity index is 2.39. The quantitative estimate of drug-likeness (QED) is 0.341. The largest absolute Gasteiger partial charge is 0.504 e. The van der Waals surface area contributed by atoms with Crippen LogP contribution in [0.4, 0.5) is 0 Å². The highest BCUT2D eigenvalue weighted by atomic mass is 127. The second-order valence-electron chi connectivity index (χ2n) is 6.81. The van der Waals surface area contributed by atoms with Gasteiger partial charge in [0.25, 0.3) is 0 Å². The highest BCUT2D eigenvalue weighted by Crippen LogP contribution is 2.55. The number of ether oxygens (including phenoxy) is 1. The molecule has 1 unspecified atom stereocenters. The van der Waals surface area contributed by atoms with Crippen molar-refractivity contribution in [3.63, 3.8) is 0 Å². The lowest BCUT2D eigenvalue weighted by Crippen LogP contribution is -2.41. The minimum Gasteiger partial charge on any atom is -0.504 e. The molecule has 3 heteroatoms. The summed E-state index contributed by atoms with van der Waals surface area (Å²) in [6.45, 7) is 8.07. The predicted octanol–water partition coefficient (Wildman–Crippen LogP) is 5.28. The van der Waals surface area contributed by atoms with E-state index in [2.05, 4.69) is 39.0 Å². The lowest BCUT2D eigenvalue weighted by molar-refractivity contribution is -0.125. The lowest BCUT2D eigenvalue weighted by atomic mass is 9.66. The van der Waals surface area contributed by atoms with Gasteiger partial charge in [0, 0.05) is 0 Å². The predicted molar refractivity (Wildman–Crippen MR) is 118 cm³/mol. The summed E-state index contributed by atoms with van der Waals surface area (Å²) in [5.74, 6) is 0.188. The lowest BCUT2D eigenvalue weighted by Gasteiger charge is -2.34. The molecule has 0 radical (unpaired) electrons. The van der Waals surface area contributed by atoms with E-state index in [0.29, 0.717) is 0 Å². The molecule has 0 amide bonds. The molecule has 0 fully saturated rings. The van der Waals surface area contributed by atoms with Gasteiger partial charge in [-0.3, -0.25) is 4.79 Å². The van der Waals surface area contributed by atoms with Crippen LogP contribution in [0.3, 0.4) is 0 Å². The highest BCUT2D eigenvalue weighted by Gasteiger charge is 2.58. The van der Waals surface area contributed by atoms with Gasteiger partial charge < -0.3 is 4.74 Å². The van der Waals surface area contributed by atoms with Gasteiger partial charge in [-0.05, 0) is 50.3 Å². The normalized spacial score (nSPS) is 24.2. The molecular formula is C23H23IO2. The summed E-state index contributed by atoms with van der Waals surface area (Å²) in [5, 5.41) is 0. The number of rotatable bonds is 5. The van der Waals surface area contributed by atoms with Crippen molar-refractivity contribution < 1.29 is 9.53 Å². The number of hydrogen-bond acceptors (Lipinski definition) is 2. The molecule has 1 aliphatic carbocycles. The van der Waals surface area contributed by atoms with Gasteiger partial charge in [-0.15, -0.1) is 0 Å². The fraction of sp³-hybridized carbons (Fsp3) is 0.217. The molecule has 1 aromatic carbocycles. The van der Waals surface area contributed by atoms with Crippen LogP contribution in [0.5, 0.6) is 0 Å². The molecule has 134 valence electrons. The molecule has 0 aromatic heterocycles. The van der Waals surface area contributed by atoms with Gasteiger partial charge in [-0.25, -0.2) is 0 Å². The second-order valence-corrected chi connectivity index (χ2v) is 8.96. The fourth-order valence-corrected chi connectivity index (χ4v) is 5.36. The third kappa shape index (κ3) is 2.69. The van der Waals surface area contributed by atoms with E-state index in [1.807, 2.05) is 38.1 Å². The summed E-state index contributed by atoms with van der Waals surface area (Å²) < 4.78 is 9.46. The van der Waals surface area contributed by atoms with Crippen molar-refractivity contribution in [1.29, 1.82) is 0 Å². The van der Waals surface area contributed by atoms with Crippen molar-refractivity contribution in [3.8, 4) is 0 Å². The zero-order chi connectivity index (χ0) is 18.8. The van der Waals surface area contributed by atoms with Gasteiger partial charge in [0.2, 0.25) is 0 Å². The van der Waals surface area contributed by atoms with E-state index in [9.17, 15) is 4.79 Å². The van der Waals surface area contributed by atoms with E-state index in [4.69, 9.17) is 4.74 Å². The van der Waals surface area contributed by atoms with E-state index in [-0.39, 0.29) is 26.5 Å². The van der Waals surface area contributed by atoms with Crippen LogP contribution in [0.2, 0.25) is 0 Å². The van der Waals surface area contributed by atoms with E-state index in [0.717, 1.165) is 22.3 Å². The van der Waals surface area contributed by atoms with Crippen molar-refractivity contribution in [1.82, 2.24) is 0 Å². The maximum Gasteiger partial charge on any atom is 0.162 e. The molecule has 0 N–H and O–H groups in total. The van der Waals surface area contributed by atoms with Crippen LogP contribution in [0.15, 0.2) is 82.7 Å². The van der Waals surface area contributed by atoms with Crippen molar-refractivity contribution in [2.75, 3.05) is 7.11 Å². The van der Waals surface area contributed by atoms with Crippen molar-refractivity contribution >= 4 is 30.5 Å². The second kappa shape index (κ2) is 7.31. The van der Waals surface area contributed by atoms with Crippen LogP contribution in [-0.2, 0) is 20.4 Å². The van der Waals surface area contributed by atoms with Gasteiger partial charge in [0.15, 0.2) is 5.78 Å². The molecule has 1 heterocycles. The van der Waals surface area contributed by atoms with Gasteiger partial charge in [0.1, 0.15) is 5.41 Å². The number of carbonyl (C=O) groups excluding carboxylic acids is 1. The fourth-order valence-electron chi connectivity index (χ4n) is 3.93. The molecule has 26 heavy (non-hydrogen) atoms. The van der Waals surface area contributed by atoms with Gasteiger partial charge in [0.05, 0.1) is 18.8 Å². The Hall–Kier alpha value is -2.01. The Morgan fingerprint density at radius 3 is 2.58 bits per heavy atom. The minimum atomic E-state index is -0.836. The molecule has 0 bridgehead atoms. The maximum atomic E-state index is 13.9. The first-order valence-electron chi connectivity index (χ1n) is 8.51. The highest BCUT2D eigenvalue weighted by molar-refractivity contribution is 14.2. The van der Waals surface area contributed by atoms with E-state index >= 15 is 0 Å². The molecule has 1 aliphatic heterocycles. The first-order chi connectivity index (χ1) is 12.5. The van der Waals surface area contributed by atoms with Crippen LogP contribution in [-0.4, -0.2) is 16.9 Å². The Labute approximate surface area is 165 Å². The summed E-state index contributed by atoms with van der Waals surface area (Å²) in [5.41, 5.74) is 2.63. The Morgan fingerprint density at radius 2 is 1.96 bits per heavy atom. The van der Waals surface area contributed by atoms with Gasteiger partial charge >= 0.3 is 0 Å². The standard InChI is InChI=1S/C23H23IO2/c1-5-17(9-8-16-26-4)23(18-12-14-24-15-13-18)20-11-7-6-10-19(20)22(2,3)21(23)25/h5-16H,1H2,2-4H3/b16-8-,17-9+. The summed E-state index contributed by atoms with van der Waals surface area (Å²) in [4.78, 5) is 13.9. The molecule has 2 nitrogen and oxygen atoms in total. The van der Waals surface area contributed by atoms with E-state index in [1.54, 1.807) is 19.4 Å². The minimum absolute atomic E-state index is 0.0691. The Bertz CT molecular complexity index is 897. The number of Topliss-reactive ketones (excluding diaryl/α,β-unsaturated/α-hetero) is 1. The van der Waals surface area contributed by atoms with Crippen LogP contribution in [0, 0.1) is 0 Å². The number of fused-ring (bicyclic) bond motifs is 1. The number of methoxy groups -OCH3 is 1. The average Bonchev–Trinajstić information content (AvgIpc) is 2.85. The topological polar surface area (TPSA) is 26.3 Å². The van der Waals surface area contributed by atoms with Crippen LogP contribution in [0.25, 0.3) is 0 Å². The Morgan fingerprint density at radius 1 is 1.23 bits per heavy atom. The van der Waals surface area contributed by atoms with E-state index < -0.39 is 10.8 Å². The first-order valence-corrected chi connectivity index (χ1v) is 11.0. The zero-order valence-corrected chi connectivity index (χ0v) is 17.5. The number of allylic oxidation sites excluding steroid dienone is 7. The number of carbonyl (C=O) groups is 1. The van der Waals surface area contributed by atoms with Crippen molar-refractivity contribution in [2.24, 2.45) is 0 Å². The molecule has 1 aromatic rings. The molecule has 0 spiro atoms. The zero-order valence-electron chi connectivity index (χ0n) is 15.3. The third-order valence-electron chi connectivity index (χ3n) is 5.12. The van der Waals surface area contributed by atoms with E-state index in [1.165, 1.54) is 0 Å². The summed E-state index contributed by atoms with van der Waals surface area (Å²) >= 11 is -0.0691. The molecule has 2 aliphatic rings. The number of ketones is 1. The average molecular weight is 458 g/mol. The van der Waals surface area contributed by atoms with Crippen molar-refractivity contribution in [3.05, 3.63) is 93.8 Å². The van der Waals surface area contributed by atoms with Crippen molar-refractivity contribution in [2.45, 2.75) is 24.7 Å². The smallest absolute Gasteiger partial charge is 0.162 e. The summed E-state index contributed by atoms with van der Waals surface area (Å²) in [6.07, 6.45) is 11.4. The number of benzene rings is 1. The molecule has 0 saturated carbocycles. The molecule has 3 rings (SSSR count). The molecule has 0 saturated heterocycles. The van der Waals surface area contributed by atoms with Crippen LogP contribution >= 0.6 is 20.7 Å². The monoisotopic (exact) mass is 458 g/mol. The third-order valence-corrected chi connectivity index (χ3v) is 6.67. The van der Waals surface area contributed by atoms with Gasteiger partial charge in [-0.2, -0.15) is 0 Å². The Kier molecular flexibility index (Phi) is 5.28. The van der Waals surface area contributed by atoms with Gasteiger partial charge in [-0.1, -0.05) is 75.9 Å². The molecule has 1 atom stereocenters. The summed E-state index contributed by atoms with van der Waals surface area (Å²) in [7, 11) is 1.61. The first kappa shape index (κ1) is 18.8. The number of halogens is 1. The SMILES string of the molecule is C=C/C(=C\C=C/OC)C1(C2=CC=IC=C2)C(=O)C(C)(C)c2ccccc21. The number of hydrogen-bond donors (Lipinski definition) is 0. The summed E-state index contributed by atoms with van der Waals surface area (Å²) in [6, 6.07) is 8.18.